The highest BCUT2D eigenvalue weighted by Crippen LogP contribution is 2.48. The molecule has 0 aromatic carbocycles. The molecule has 4 heteroatoms. The second-order valence-corrected chi connectivity index (χ2v) is 11.0. The molecule has 1 fully saturated rings. The largest absolute Gasteiger partial charge is 0.392 e. The predicted octanol–water partition coefficient (Wildman–Crippen LogP) is 5.29. The number of unbranched alkanes of at least 4 members (excludes halogenated alkanes) is 2. The second-order valence-electron chi connectivity index (χ2n) is 11.0. The van der Waals surface area contributed by atoms with E-state index in [9.17, 15) is 15.0 Å². The van der Waals surface area contributed by atoms with E-state index in [1.54, 1.807) is 0 Å². The number of hydrogen-bond donors (Lipinski definition) is 3. The normalized spacial score (nSPS) is 28.4. The predicted molar refractivity (Wildman–Crippen MR) is 124 cm³/mol. The summed E-state index contributed by atoms with van der Waals surface area (Å²) in [6, 6.07) is 0. The molecular weight excluding hydrogens is 374 g/mol. The molecule has 172 valence electrons. The highest BCUT2D eigenvalue weighted by Gasteiger charge is 2.43. The summed E-state index contributed by atoms with van der Waals surface area (Å²) < 4.78 is 0. The third-order valence-electron chi connectivity index (χ3n) is 6.60. The summed E-state index contributed by atoms with van der Waals surface area (Å²) in [5.41, 5.74) is 0.699. The van der Waals surface area contributed by atoms with E-state index in [0.717, 1.165) is 51.4 Å². The fraction of sp³-hybridized carbons (Fsp3) is 0.808. The van der Waals surface area contributed by atoms with Crippen molar-refractivity contribution in [3.05, 3.63) is 23.8 Å². The molecule has 4 nitrogen and oxygen atoms in total. The average Bonchev–Trinajstić information content (AvgIpc) is 3.13. The molecule has 0 bridgehead atoms. The first-order valence-electron chi connectivity index (χ1n) is 12.1. The zero-order chi connectivity index (χ0) is 22.4. The molecule has 0 heterocycles. The van der Waals surface area contributed by atoms with E-state index in [1.807, 2.05) is 27.7 Å². The molecule has 1 saturated carbocycles. The molecule has 0 unspecified atom stereocenters. The van der Waals surface area contributed by atoms with Crippen LogP contribution in [0, 0.1) is 17.8 Å². The van der Waals surface area contributed by atoms with Crippen LogP contribution in [0.4, 0.5) is 0 Å². The number of nitrogens with one attached hydrogen (secondary N) is 1. The van der Waals surface area contributed by atoms with Gasteiger partial charge in [0.1, 0.15) is 0 Å². The number of rotatable bonds is 11. The lowest BCUT2D eigenvalue weighted by Crippen LogP contribution is -2.40. The number of allylic oxidation sites excluding steroid dienone is 2. The zero-order valence-corrected chi connectivity index (χ0v) is 19.9. The molecule has 0 aromatic rings. The summed E-state index contributed by atoms with van der Waals surface area (Å²) in [5, 5.41) is 24.0. The Morgan fingerprint density at radius 2 is 1.97 bits per heavy atom. The zero-order valence-electron chi connectivity index (χ0n) is 19.9. The fourth-order valence-corrected chi connectivity index (χ4v) is 5.05. The molecule has 0 aliphatic heterocycles. The lowest BCUT2D eigenvalue weighted by atomic mass is 9.87. The van der Waals surface area contributed by atoms with Crippen LogP contribution in [0.5, 0.6) is 0 Å². The molecular formula is C26H45NO3. The number of fused-ring (bicyclic) bond motifs is 1. The summed E-state index contributed by atoms with van der Waals surface area (Å²) in [7, 11) is 0. The highest BCUT2D eigenvalue weighted by molar-refractivity contribution is 5.76. The maximum Gasteiger partial charge on any atom is 0.220 e. The summed E-state index contributed by atoms with van der Waals surface area (Å²) >= 11 is 0. The molecule has 0 radical (unpaired) electrons. The second kappa shape index (κ2) is 10.9. The first-order chi connectivity index (χ1) is 14.0. The van der Waals surface area contributed by atoms with E-state index < -0.39 is 5.60 Å². The van der Waals surface area contributed by atoms with Crippen LogP contribution >= 0.6 is 0 Å². The lowest BCUT2D eigenvalue weighted by Gasteiger charge is -2.22. The number of aliphatic hydroxyl groups is 2. The first kappa shape index (κ1) is 25.1. The molecule has 30 heavy (non-hydrogen) atoms. The van der Waals surface area contributed by atoms with Gasteiger partial charge in [-0.15, -0.1) is 0 Å². The quantitative estimate of drug-likeness (QED) is 0.315. The standard InChI is InChI=1S/C26H45NO3/c1-6-7-14-26(5,30)15-10-12-21-22-17-19(16-20(22)18-23(21)28)11-8-9-13-24(29)27-25(2,3)4/h10,12,16,20-23,28,30H,6-9,11,13-15,17-18H2,1-5H3,(H,27,29)/t20-,21+,22-,23+,26-/m0/s1. The van der Waals surface area contributed by atoms with E-state index in [1.165, 1.54) is 5.57 Å². The Morgan fingerprint density at radius 1 is 1.23 bits per heavy atom. The minimum Gasteiger partial charge on any atom is -0.392 e. The lowest BCUT2D eigenvalue weighted by molar-refractivity contribution is -0.122. The maximum absolute atomic E-state index is 11.9. The van der Waals surface area contributed by atoms with Gasteiger partial charge in [0, 0.05) is 17.9 Å². The van der Waals surface area contributed by atoms with Crippen LogP contribution in [0.3, 0.4) is 0 Å². The van der Waals surface area contributed by atoms with Crippen molar-refractivity contribution < 1.29 is 15.0 Å². The van der Waals surface area contributed by atoms with Gasteiger partial charge < -0.3 is 15.5 Å². The third kappa shape index (κ3) is 8.19. The maximum atomic E-state index is 11.9. The van der Waals surface area contributed by atoms with Crippen LogP contribution in [-0.4, -0.2) is 33.4 Å². The van der Waals surface area contributed by atoms with Crippen molar-refractivity contribution in [3.63, 3.8) is 0 Å². The van der Waals surface area contributed by atoms with Gasteiger partial charge in [0.15, 0.2) is 0 Å². The monoisotopic (exact) mass is 419 g/mol. The molecule has 5 atom stereocenters. The summed E-state index contributed by atoms with van der Waals surface area (Å²) in [6.07, 6.45) is 15.6. The van der Waals surface area contributed by atoms with Gasteiger partial charge in [-0.1, -0.05) is 43.6 Å². The van der Waals surface area contributed by atoms with Crippen LogP contribution in [0.2, 0.25) is 0 Å². The van der Waals surface area contributed by atoms with Crippen molar-refractivity contribution in [2.45, 2.75) is 116 Å². The van der Waals surface area contributed by atoms with E-state index in [-0.39, 0.29) is 23.5 Å². The molecule has 3 N–H and O–H groups in total. The van der Waals surface area contributed by atoms with Gasteiger partial charge in [0.25, 0.3) is 0 Å². The van der Waals surface area contributed by atoms with Gasteiger partial charge in [-0.25, -0.2) is 0 Å². The van der Waals surface area contributed by atoms with Gasteiger partial charge in [0.2, 0.25) is 5.91 Å². The fourth-order valence-electron chi connectivity index (χ4n) is 5.05. The molecule has 0 spiro atoms. The molecule has 2 aliphatic rings. The van der Waals surface area contributed by atoms with E-state index in [2.05, 4.69) is 30.5 Å². The van der Waals surface area contributed by atoms with Gasteiger partial charge >= 0.3 is 0 Å². The number of amides is 1. The third-order valence-corrected chi connectivity index (χ3v) is 6.60. The van der Waals surface area contributed by atoms with Crippen molar-refractivity contribution in [1.29, 1.82) is 0 Å². The number of hydrogen-bond acceptors (Lipinski definition) is 3. The molecule has 1 amide bonds. The van der Waals surface area contributed by atoms with Crippen LogP contribution in [0.1, 0.15) is 98.8 Å². The van der Waals surface area contributed by atoms with Crippen molar-refractivity contribution in [2.24, 2.45) is 17.8 Å². The molecule has 2 aliphatic carbocycles. The summed E-state index contributed by atoms with van der Waals surface area (Å²) in [6.45, 7) is 10.1. The van der Waals surface area contributed by atoms with Crippen molar-refractivity contribution in [3.8, 4) is 0 Å². The van der Waals surface area contributed by atoms with E-state index in [4.69, 9.17) is 0 Å². The Balaban J connectivity index is 1.75. The molecule has 0 aromatic heterocycles. The first-order valence-corrected chi connectivity index (χ1v) is 12.1. The number of carbonyl (C=O) groups is 1. The molecule has 0 saturated heterocycles. The van der Waals surface area contributed by atoms with Gasteiger partial charge in [-0.3, -0.25) is 4.79 Å². The van der Waals surface area contributed by atoms with Crippen molar-refractivity contribution in [1.82, 2.24) is 5.32 Å². The highest BCUT2D eigenvalue weighted by atomic mass is 16.3. The summed E-state index contributed by atoms with van der Waals surface area (Å²) in [5.74, 6) is 1.32. The Hall–Kier alpha value is -1.13. The Labute approximate surface area is 184 Å². The van der Waals surface area contributed by atoms with Crippen LogP contribution in [-0.2, 0) is 4.79 Å². The van der Waals surface area contributed by atoms with Crippen LogP contribution in [0.25, 0.3) is 0 Å². The SMILES string of the molecule is CCCC[C@](C)(O)CC=C[C@@H]1[C@H]2CC(CCCCC(=O)NC(C)(C)C)=C[C@H]2C[C@H]1O. The van der Waals surface area contributed by atoms with Gasteiger partial charge in [-0.05, 0) is 84.5 Å². The molecule has 2 rings (SSSR count). The van der Waals surface area contributed by atoms with Crippen LogP contribution in [0.15, 0.2) is 23.8 Å². The Kier molecular flexibility index (Phi) is 9.17. The Bertz CT molecular complexity index is 614. The minimum absolute atomic E-state index is 0.142. The number of carbonyl (C=O) groups excluding carboxylic acids is 1. The van der Waals surface area contributed by atoms with E-state index in [0.29, 0.717) is 24.7 Å². The summed E-state index contributed by atoms with van der Waals surface area (Å²) in [4.78, 5) is 11.9. The minimum atomic E-state index is -0.645. The smallest absolute Gasteiger partial charge is 0.220 e. The van der Waals surface area contributed by atoms with Crippen molar-refractivity contribution in [2.75, 3.05) is 0 Å². The van der Waals surface area contributed by atoms with Gasteiger partial charge in [0.05, 0.1) is 11.7 Å². The number of aliphatic hydroxyl groups excluding tert-OH is 1. The van der Waals surface area contributed by atoms with Crippen molar-refractivity contribution >= 4 is 5.91 Å². The van der Waals surface area contributed by atoms with Crippen LogP contribution < -0.4 is 5.32 Å². The topological polar surface area (TPSA) is 69.6 Å². The van der Waals surface area contributed by atoms with E-state index >= 15 is 0 Å². The average molecular weight is 420 g/mol. The van der Waals surface area contributed by atoms with Gasteiger partial charge in [-0.2, -0.15) is 0 Å². The Morgan fingerprint density at radius 3 is 2.63 bits per heavy atom.